The van der Waals surface area contributed by atoms with E-state index in [2.05, 4.69) is 32.9 Å². The average Bonchev–Trinajstić information content (AvgIpc) is 2.03. The van der Waals surface area contributed by atoms with Crippen LogP contribution < -0.4 is 5.73 Å². The van der Waals surface area contributed by atoms with E-state index in [1.807, 2.05) is 12.1 Å². The normalized spacial score (nSPS) is 11.7. The Morgan fingerprint density at radius 1 is 1.42 bits per heavy atom. The Balaban J connectivity index is 3.14. The van der Waals surface area contributed by atoms with E-state index < -0.39 is 0 Å². The molecule has 0 aliphatic rings. The first kappa shape index (κ1) is 9.27. The number of hydrogen-bond acceptors (Lipinski definition) is 1. The second-order valence-corrected chi connectivity index (χ2v) is 4.02. The fourth-order valence-corrected chi connectivity index (χ4v) is 1.34. The van der Waals surface area contributed by atoms with E-state index >= 15 is 0 Å². The molecule has 1 heteroatoms. The number of hydrogen-bond donors (Lipinski definition) is 1. The second kappa shape index (κ2) is 3.28. The maximum Gasteiger partial charge on any atom is 0.0181 e. The molecular formula is C11H16N. The van der Waals surface area contributed by atoms with Crippen molar-refractivity contribution in [3.8, 4) is 0 Å². The summed E-state index contributed by atoms with van der Waals surface area (Å²) in [5.74, 6) is 0. The van der Waals surface area contributed by atoms with Gasteiger partial charge in [-0.05, 0) is 22.6 Å². The summed E-state index contributed by atoms with van der Waals surface area (Å²) in [4.78, 5) is 0. The van der Waals surface area contributed by atoms with Gasteiger partial charge >= 0.3 is 0 Å². The number of nitrogens with two attached hydrogens (primary N) is 1. The van der Waals surface area contributed by atoms with Gasteiger partial charge in [0.2, 0.25) is 0 Å². The summed E-state index contributed by atoms with van der Waals surface area (Å²) in [7, 11) is 0. The smallest absolute Gasteiger partial charge is 0.0181 e. The van der Waals surface area contributed by atoms with Crippen LogP contribution in [-0.4, -0.2) is 0 Å². The van der Waals surface area contributed by atoms with Gasteiger partial charge in [0.15, 0.2) is 0 Å². The van der Waals surface area contributed by atoms with E-state index in [0.717, 1.165) is 0 Å². The molecule has 0 amide bonds. The van der Waals surface area contributed by atoms with Crippen molar-refractivity contribution in [3.63, 3.8) is 0 Å². The summed E-state index contributed by atoms with van der Waals surface area (Å²) in [6, 6.07) is 9.24. The Morgan fingerprint density at radius 3 is 2.50 bits per heavy atom. The third-order valence-corrected chi connectivity index (χ3v) is 1.91. The van der Waals surface area contributed by atoms with Crippen molar-refractivity contribution in [1.82, 2.24) is 0 Å². The molecule has 1 rings (SSSR count). The van der Waals surface area contributed by atoms with Gasteiger partial charge in [-0.15, -0.1) is 0 Å². The summed E-state index contributed by atoms with van der Waals surface area (Å²) in [6.07, 6.45) is 0. The molecule has 1 radical (unpaired) electrons. The van der Waals surface area contributed by atoms with Gasteiger partial charge in [-0.2, -0.15) is 0 Å². The number of rotatable bonds is 1. The first-order valence-corrected chi connectivity index (χ1v) is 4.26. The van der Waals surface area contributed by atoms with Crippen molar-refractivity contribution in [2.45, 2.75) is 32.7 Å². The lowest BCUT2D eigenvalue weighted by Gasteiger charge is -2.21. The molecule has 0 fully saturated rings. The van der Waals surface area contributed by atoms with Crippen molar-refractivity contribution >= 4 is 0 Å². The van der Waals surface area contributed by atoms with Gasteiger partial charge in [0.1, 0.15) is 0 Å². The van der Waals surface area contributed by atoms with E-state index in [-0.39, 0.29) is 5.41 Å². The molecule has 0 aromatic heterocycles. The Kier molecular flexibility index (Phi) is 2.53. The van der Waals surface area contributed by atoms with Crippen molar-refractivity contribution in [1.29, 1.82) is 0 Å². The highest BCUT2D eigenvalue weighted by atomic mass is 14.5. The molecule has 1 aromatic rings. The van der Waals surface area contributed by atoms with Crippen LogP contribution in [0.5, 0.6) is 0 Å². The molecule has 0 heterocycles. The summed E-state index contributed by atoms with van der Waals surface area (Å²) < 4.78 is 0. The monoisotopic (exact) mass is 162 g/mol. The molecule has 0 bridgehead atoms. The number of benzene rings is 1. The first-order valence-electron chi connectivity index (χ1n) is 4.26. The van der Waals surface area contributed by atoms with E-state index in [0.29, 0.717) is 6.54 Å². The molecule has 0 spiro atoms. The third-order valence-electron chi connectivity index (χ3n) is 1.91. The van der Waals surface area contributed by atoms with Gasteiger partial charge in [0.25, 0.3) is 0 Å². The first-order chi connectivity index (χ1) is 5.55. The fourth-order valence-electron chi connectivity index (χ4n) is 1.34. The summed E-state index contributed by atoms with van der Waals surface area (Å²) in [6.45, 7) is 7.14. The SMILES string of the molecule is CC(C)(C)c1[c]cccc1CN. The summed E-state index contributed by atoms with van der Waals surface area (Å²) >= 11 is 0. The van der Waals surface area contributed by atoms with Crippen molar-refractivity contribution in [2.75, 3.05) is 0 Å². The van der Waals surface area contributed by atoms with E-state index in [9.17, 15) is 0 Å². The predicted octanol–water partition coefficient (Wildman–Crippen LogP) is 2.24. The van der Waals surface area contributed by atoms with Crippen LogP contribution in [0.25, 0.3) is 0 Å². The molecular weight excluding hydrogens is 146 g/mol. The lowest BCUT2D eigenvalue weighted by molar-refractivity contribution is 0.581. The van der Waals surface area contributed by atoms with Gasteiger partial charge in [-0.25, -0.2) is 0 Å². The molecule has 0 aliphatic carbocycles. The molecule has 12 heavy (non-hydrogen) atoms. The van der Waals surface area contributed by atoms with E-state index in [1.165, 1.54) is 11.1 Å². The highest BCUT2D eigenvalue weighted by Gasteiger charge is 2.16. The van der Waals surface area contributed by atoms with Crippen molar-refractivity contribution in [3.05, 3.63) is 35.4 Å². The van der Waals surface area contributed by atoms with Gasteiger partial charge < -0.3 is 5.73 Å². The Labute approximate surface area is 74.6 Å². The Bertz CT molecular complexity index is 258. The van der Waals surface area contributed by atoms with Gasteiger partial charge in [-0.3, -0.25) is 0 Å². The van der Waals surface area contributed by atoms with Crippen LogP contribution in [0.3, 0.4) is 0 Å². The van der Waals surface area contributed by atoms with Crippen LogP contribution in [0.2, 0.25) is 0 Å². The maximum absolute atomic E-state index is 5.63. The van der Waals surface area contributed by atoms with Crippen LogP contribution in [0.4, 0.5) is 0 Å². The zero-order chi connectivity index (χ0) is 9.19. The van der Waals surface area contributed by atoms with Crippen LogP contribution >= 0.6 is 0 Å². The van der Waals surface area contributed by atoms with Crippen LogP contribution in [0.1, 0.15) is 31.9 Å². The van der Waals surface area contributed by atoms with Gasteiger partial charge in [0, 0.05) is 6.54 Å². The predicted molar refractivity (Wildman–Crippen MR) is 51.9 cm³/mol. The fraction of sp³-hybridized carbons (Fsp3) is 0.455. The molecule has 1 aromatic carbocycles. The van der Waals surface area contributed by atoms with E-state index in [1.54, 1.807) is 0 Å². The van der Waals surface area contributed by atoms with E-state index in [4.69, 9.17) is 5.73 Å². The maximum atomic E-state index is 5.63. The standard InChI is InChI=1S/C11H16N/c1-11(2,3)10-7-5-4-6-9(10)8-12/h4-6H,8,12H2,1-3H3. The minimum Gasteiger partial charge on any atom is -0.326 e. The van der Waals surface area contributed by atoms with Crippen LogP contribution in [-0.2, 0) is 12.0 Å². The van der Waals surface area contributed by atoms with Crippen LogP contribution in [0.15, 0.2) is 18.2 Å². The molecule has 1 nitrogen and oxygen atoms in total. The lowest BCUT2D eigenvalue weighted by atomic mass is 9.84. The Morgan fingerprint density at radius 2 is 2.08 bits per heavy atom. The third kappa shape index (κ3) is 1.86. The van der Waals surface area contributed by atoms with Gasteiger partial charge in [-0.1, -0.05) is 39.0 Å². The molecule has 0 unspecified atom stereocenters. The molecule has 65 valence electrons. The lowest BCUT2D eigenvalue weighted by Crippen LogP contribution is -2.15. The second-order valence-electron chi connectivity index (χ2n) is 4.02. The van der Waals surface area contributed by atoms with Gasteiger partial charge in [0.05, 0.1) is 0 Å². The summed E-state index contributed by atoms with van der Waals surface area (Å²) in [5, 5.41) is 0. The Hall–Kier alpha value is -0.820. The van der Waals surface area contributed by atoms with Crippen molar-refractivity contribution in [2.24, 2.45) is 5.73 Å². The minimum absolute atomic E-state index is 0.149. The zero-order valence-corrected chi connectivity index (χ0v) is 8.02. The molecule has 0 atom stereocenters. The molecule has 0 aliphatic heterocycles. The highest BCUT2D eigenvalue weighted by molar-refractivity contribution is 5.31. The topological polar surface area (TPSA) is 26.0 Å². The molecule has 2 N–H and O–H groups in total. The molecule has 0 saturated carbocycles. The molecule has 0 saturated heterocycles. The highest BCUT2D eigenvalue weighted by Crippen LogP contribution is 2.24. The minimum atomic E-state index is 0.149. The average molecular weight is 162 g/mol. The van der Waals surface area contributed by atoms with Crippen LogP contribution in [0, 0.1) is 6.07 Å². The van der Waals surface area contributed by atoms with Crippen molar-refractivity contribution < 1.29 is 0 Å². The largest absolute Gasteiger partial charge is 0.326 e. The quantitative estimate of drug-likeness (QED) is 0.673. The summed E-state index contributed by atoms with van der Waals surface area (Å²) in [5.41, 5.74) is 8.20. The zero-order valence-electron chi connectivity index (χ0n) is 8.02.